The molecule has 2 aliphatic heterocycles. The molecule has 1 aromatic carbocycles. The van der Waals surface area contributed by atoms with Gasteiger partial charge in [-0.1, -0.05) is 44.2 Å². The summed E-state index contributed by atoms with van der Waals surface area (Å²) in [5.74, 6) is 1.79. The van der Waals surface area contributed by atoms with Crippen LogP contribution >= 0.6 is 0 Å². The Balaban J connectivity index is 1.47. The summed E-state index contributed by atoms with van der Waals surface area (Å²) in [6.45, 7) is 8.64. The van der Waals surface area contributed by atoms with E-state index in [0.717, 1.165) is 44.6 Å². The zero-order valence-electron chi connectivity index (χ0n) is 15.6. The van der Waals surface area contributed by atoms with Crippen molar-refractivity contribution in [1.29, 1.82) is 0 Å². The highest BCUT2D eigenvalue weighted by molar-refractivity contribution is 5.78. The van der Waals surface area contributed by atoms with Crippen LogP contribution in [0.15, 0.2) is 30.3 Å². The maximum absolute atomic E-state index is 12.6. The lowest BCUT2D eigenvalue weighted by molar-refractivity contribution is -0.135. The molecule has 3 atom stereocenters. The number of amides is 1. The van der Waals surface area contributed by atoms with E-state index in [1.54, 1.807) is 0 Å². The minimum atomic E-state index is -0.386. The minimum absolute atomic E-state index is 0.278. The second kappa shape index (κ2) is 8.33. The molecule has 25 heavy (non-hydrogen) atoms. The molecule has 0 spiro atoms. The van der Waals surface area contributed by atoms with Crippen molar-refractivity contribution >= 4 is 5.91 Å². The third kappa shape index (κ3) is 4.83. The van der Waals surface area contributed by atoms with Gasteiger partial charge in [0.15, 0.2) is 0 Å². The molecule has 4 nitrogen and oxygen atoms in total. The Kier molecular flexibility index (Phi) is 6.13. The van der Waals surface area contributed by atoms with Gasteiger partial charge in [-0.2, -0.15) is 0 Å². The number of carbonyl (C=O) groups is 1. The number of carbonyl (C=O) groups excluding carboxylic acids is 1. The number of nitrogens with zero attached hydrogens (tertiary/aromatic N) is 2. The summed E-state index contributed by atoms with van der Waals surface area (Å²) in [6, 6.07) is 9.94. The molecule has 0 bridgehead atoms. The normalized spacial score (nSPS) is 27.2. The summed E-state index contributed by atoms with van der Waals surface area (Å²) in [6.07, 6.45) is 2.75. The Bertz CT molecular complexity index is 544. The lowest BCUT2D eigenvalue weighted by atomic mass is 9.87. The van der Waals surface area contributed by atoms with Gasteiger partial charge >= 0.3 is 0 Å². The molecule has 1 aromatic rings. The Labute approximate surface area is 151 Å². The number of rotatable bonds is 4. The van der Waals surface area contributed by atoms with Crippen molar-refractivity contribution in [3.05, 3.63) is 35.9 Å². The maximum atomic E-state index is 12.6. The number of hydrogen-bond acceptors (Lipinski definition) is 3. The molecule has 4 heteroatoms. The zero-order valence-corrected chi connectivity index (χ0v) is 15.6. The fourth-order valence-electron chi connectivity index (χ4n) is 4.51. The lowest BCUT2D eigenvalue weighted by Crippen LogP contribution is -2.48. The van der Waals surface area contributed by atoms with Gasteiger partial charge in [-0.05, 0) is 55.7 Å². The molecule has 2 saturated heterocycles. The van der Waals surface area contributed by atoms with Crippen molar-refractivity contribution in [2.24, 2.45) is 17.8 Å². The second-order valence-electron chi connectivity index (χ2n) is 8.21. The van der Waals surface area contributed by atoms with E-state index in [1.807, 2.05) is 30.3 Å². The quantitative estimate of drug-likeness (QED) is 0.913. The largest absolute Gasteiger partial charge is 0.388 e. The van der Waals surface area contributed by atoms with Crippen LogP contribution in [-0.2, 0) is 4.79 Å². The van der Waals surface area contributed by atoms with E-state index in [-0.39, 0.29) is 12.0 Å². The standard InChI is InChI=1S/C21H32N2O2/c1-16-12-17(2)14-23(13-16)20(24)15-22-10-8-19(9-11-22)21(25)18-6-4-3-5-7-18/h3-7,16-17,19,21,25H,8-15H2,1-2H3. The molecule has 1 amide bonds. The van der Waals surface area contributed by atoms with Gasteiger partial charge in [-0.15, -0.1) is 0 Å². The van der Waals surface area contributed by atoms with Gasteiger partial charge < -0.3 is 10.0 Å². The fourth-order valence-corrected chi connectivity index (χ4v) is 4.51. The predicted molar refractivity (Wildman–Crippen MR) is 100 cm³/mol. The van der Waals surface area contributed by atoms with E-state index in [2.05, 4.69) is 23.6 Å². The maximum Gasteiger partial charge on any atom is 0.236 e. The number of aliphatic hydroxyl groups excluding tert-OH is 1. The Morgan fingerprint density at radius 3 is 2.32 bits per heavy atom. The monoisotopic (exact) mass is 344 g/mol. The van der Waals surface area contributed by atoms with Crippen LogP contribution in [0.5, 0.6) is 0 Å². The van der Waals surface area contributed by atoms with Crippen molar-refractivity contribution in [2.75, 3.05) is 32.7 Å². The van der Waals surface area contributed by atoms with E-state index >= 15 is 0 Å². The Morgan fingerprint density at radius 1 is 1.12 bits per heavy atom. The smallest absolute Gasteiger partial charge is 0.236 e. The summed E-state index contributed by atoms with van der Waals surface area (Å²) >= 11 is 0. The van der Waals surface area contributed by atoms with Crippen molar-refractivity contribution in [2.45, 2.75) is 39.2 Å². The van der Waals surface area contributed by atoms with E-state index in [1.165, 1.54) is 6.42 Å². The molecule has 0 aliphatic carbocycles. The molecule has 3 rings (SSSR count). The number of benzene rings is 1. The van der Waals surface area contributed by atoms with Crippen molar-refractivity contribution < 1.29 is 9.90 Å². The molecule has 2 aliphatic rings. The molecular weight excluding hydrogens is 312 g/mol. The summed E-state index contributed by atoms with van der Waals surface area (Å²) in [7, 11) is 0. The Morgan fingerprint density at radius 2 is 1.72 bits per heavy atom. The van der Waals surface area contributed by atoms with E-state index in [0.29, 0.717) is 24.3 Å². The minimum Gasteiger partial charge on any atom is -0.388 e. The van der Waals surface area contributed by atoms with Gasteiger partial charge in [0.25, 0.3) is 0 Å². The first-order valence-corrected chi connectivity index (χ1v) is 9.76. The summed E-state index contributed by atoms with van der Waals surface area (Å²) in [5, 5.41) is 10.6. The lowest BCUT2D eigenvalue weighted by Gasteiger charge is -2.38. The van der Waals surface area contributed by atoms with E-state index < -0.39 is 0 Å². The first-order chi connectivity index (χ1) is 12.0. The average molecular weight is 344 g/mol. The molecule has 2 heterocycles. The first-order valence-electron chi connectivity index (χ1n) is 9.76. The van der Waals surface area contributed by atoms with Crippen LogP contribution in [0.4, 0.5) is 0 Å². The summed E-state index contributed by atoms with van der Waals surface area (Å²) in [4.78, 5) is 17.0. The SMILES string of the molecule is CC1CC(C)CN(C(=O)CN2CCC(C(O)c3ccccc3)CC2)C1. The van der Waals surface area contributed by atoms with Crippen LogP contribution in [0.2, 0.25) is 0 Å². The number of hydrogen-bond donors (Lipinski definition) is 1. The van der Waals surface area contributed by atoms with Crippen LogP contribution in [0.3, 0.4) is 0 Å². The van der Waals surface area contributed by atoms with Gasteiger partial charge in [0, 0.05) is 13.1 Å². The molecule has 0 saturated carbocycles. The molecular formula is C21H32N2O2. The van der Waals surface area contributed by atoms with Crippen LogP contribution in [-0.4, -0.2) is 53.5 Å². The Hall–Kier alpha value is -1.39. The highest BCUT2D eigenvalue weighted by atomic mass is 16.3. The zero-order chi connectivity index (χ0) is 17.8. The molecule has 138 valence electrons. The van der Waals surface area contributed by atoms with Gasteiger partial charge in [-0.3, -0.25) is 9.69 Å². The summed E-state index contributed by atoms with van der Waals surface area (Å²) < 4.78 is 0. The molecule has 1 N–H and O–H groups in total. The van der Waals surface area contributed by atoms with Crippen molar-refractivity contribution in [3.63, 3.8) is 0 Å². The second-order valence-corrected chi connectivity index (χ2v) is 8.21. The third-order valence-electron chi connectivity index (χ3n) is 5.80. The summed E-state index contributed by atoms with van der Waals surface area (Å²) in [5.41, 5.74) is 1.01. The average Bonchev–Trinajstić information content (AvgIpc) is 2.61. The number of aliphatic hydroxyl groups is 1. The van der Waals surface area contributed by atoms with Crippen LogP contribution in [0.1, 0.15) is 44.8 Å². The van der Waals surface area contributed by atoms with Gasteiger partial charge in [0.1, 0.15) is 0 Å². The number of likely N-dealkylation sites (tertiary alicyclic amines) is 2. The highest BCUT2D eigenvalue weighted by Crippen LogP contribution is 2.30. The fraction of sp³-hybridized carbons (Fsp3) is 0.667. The van der Waals surface area contributed by atoms with Crippen molar-refractivity contribution in [1.82, 2.24) is 9.80 Å². The van der Waals surface area contributed by atoms with Crippen LogP contribution < -0.4 is 0 Å². The molecule has 0 aromatic heterocycles. The topological polar surface area (TPSA) is 43.8 Å². The van der Waals surface area contributed by atoms with Gasteiger partial charge in [0.05, 0.1) is 12.6 Å². The molecule has 0 radical (unpaired) electrons. The highest BCUT2D eigenvalue weighted by Gasteiger charge is 2.30. The van der Waals surface area contributed by atoms with Crippen molar-refractivity contribution in [3.8, 4) is 0 Å². The molecule has 2 fully saturated rings. The van der Waals surface area contributed by atoms with E-state index in [4.69, 9.17) is 0 Å². The van der Waals surface area contributed by atoms with Crippen LogP contribution in [0.25, 0.3) is 0 Å². The van der Waals surface area contributed by atoms with E-state index in [9.17, 15) is 9.90 Å². The predicted octanol–water partition coefficient (Wildman–Crippen LogP) is 2.94. The molecule has 3 unspecified atom stereocenters. The number of piperidine rings is 2. The van der Waals surface area contributed by atoms with Crippen LogP contribution in [0, 0.1) is 17.8 Å². The third-order valence-corrected chi connectivity index (χ3v) is 5.80. The van der Waals surface area contributed by atoms with Gasteiger partial charge in [0.2, 0.25) is 5.91 Å². The van der Waals surface area contributed by atoms with Gasteiger partial charge in [-0.25, -0.2) is 0 Å². The first kappa shape index (κ1) is 18.4.